The molecule has 205 valence electrons. The van der Waals surface area contributed by atoms with E-state index < -0.39 is 11.6 Å². The Kier molecular flexibility index (Phi) is 21.6. The summed E-state index contributed by atoms with van der Waals surface area (Å²) in [6, 6.07) is 22.4. The van der Waals surface area contributed by atoms with Crippen LogP contribution in [-0.4, -0.2) is 6.54 Å². The van der Waals surface area contributed by atoms with Crippen LogP contribution in [0.5, 0.6) is 0 Å². The van der Waals surface area contributed by atoms with E-state index in [1.807, 2.05) is 41.3 Å². The zero-order chi connectivity index (χ0) is 26.5. The van der Waals surface area contributed by atoms with Gasteiger partial charge in [-0.25, -0.2) is 0 Å². The van der Waals surface area contributed by atoms with E-state index in [4.69, 9.17) is 5.73 Å². The van der Waals surface area contributed by atoms with Crippen molar-refractivity contribution in [3.05, 3.63) is 108 Å². The molecule has 0 saturated carbocycles. The van der Waals surface area contributed by atoms with Crippen molar-refractivity contribution in [3.63, 3.8) is 0 Å². The third kappa shape index (κ3) is 13.7. The molecule has 3 nitrogen and oxygen atoms in total. The van der Waals surface area contributed by atoms with Gasteiger partial charge in [-0.05, 0) is 11.8 Å². The summed E-state index contributed by atoms with van der Waals surface area (Å²) in [6.07, 6.45) is 0.880. The number of nitrogens with zero attached hydrogens (tertiary/aromatic N) is 1. The monoisotopic (exact) mass is 954 g/mol. The first-order valence-electron chi connectivity index (χ1n) is 11.5. The second-order valence-electron chi connectivity index (χ2n) is 9.89. The van der Waals surface area contributed by atoms with E-state index in [-0.39, 0.29) is 130 Å². The van der Waals surface area contributed by atoms with Crippen molar-refractivity contribution in [2.45, 2.75) is 45.6 Å². The molecule has 3 aromatic rings. The van der Waals surface area contributed by atoms with Crippen molar-refractivity contribution >= 4 is 28.9 Å². The van der Waals surface area contributed by atoms with Crippen LogP contribution in [0.3, 0.4) is 0 Å². The minimum absolute atomic E-state index is 0. The number of allylic oxidation sites excluding steroid dienone is 1. The van der Waals surface area contributed by atoms with Crippen LogP contribution in [0.2, 0.25) is 0 Å². The Morgan fingerprint density at radius 3 is 2.30 bits per heavy atom. The molecule has 0 saturated heterocycles. The van der Waals surface area contributed by atoms with Gasteiger partial charge in [-0.1, -0.05) is 51.5 Å². The maximum atomic E-state index is 14.2. The minimum Gasteiger partial charge on any atom is -0.449 e. The van der Waals surface area contributed by atoms with Crippen LogP contribution in [-0.2, 0) is 126 Å². The second kappa shape index (κ2) is 20.0. The number of rotatable bonds is 10. The zero-order valence-corrected chi connectivity index (χ0v) is 35.6. The minimum atomic E-state index is -0.840. The van der Waals surface area contributed by atoms with E-state index in [1.54, 1.807) is 13.0 Å². The molecule has 10 heteroatoms. The SMILES string of the molecule is C=C(CC(C)(C)C)c1c[c-]c(N(Cc2c[c-]cc(N)c2)C(=C)CNSc2c(C)[c-]c(F)[c-]c2F)cc1.[W].[Y].[Y].[Y]. The van der Waals surface area contributed by atoms with Gasteiger partial charge in [0, 0.05) is 138 Å². The van der Waals surface area contributed by atoms with Gasteiger partial charge in [0.05, 0.1) is 0 Å². The fraction of sp³-hybridized carbons (Fsp3) is 0.267. The molecule has 40 heavy (non-hydrogen) atoms. The topological polar surface area (TPSA) is 41.3 Å². The number of hydrogen-bond donors (Lipinski definition) is 2. The Morgan fingerprint density at radius 2 is 1.75 bits per heavy atom. The standard InChI is InChI=1S/C30H31F2N3S.W.3Y/c1-20-14-25(31)16-28(32)29(20)36-34-18-22(3)35(19-23-8-7-9-26(33)15-23)27-12-10-24(11-13-27)21(2)17-30(4,5)6;;;;/h8-12,15,34H,2-3,17-19,33H2,1,4-6H3;;;;/q-4;;;;. The molecule has 0 aromatic heterocycles. The van der Waals surface area contributed by atoms with Crippen molar-refractivity contribution < 1.29 is 128 Å². The van der Waals surface area contributed by atoms with Gasteiger partial charge < -0.3 is 16.7 Å². The average molecular weight is 954 g/mol. The molecule has 0 fully saturated rings. The molecule has 0 heterocycles. The molecular weight excluding hydrogens is 923 g/mol. The van der Waals surface area contributed by atoms with Gasteiger partial charge >= 0.3 is 0 Å². The summed E-state index contributed by atoms with van der Waals surface area (Å²) in [5.41, 5.74) is 11.7. The summed E-state index contributed by atoms with van der Waals surface area (Å²) in [5, 5.41) is 0. The normalized spacial score (nSPS) is 10.2. The Bertz CT molecular complexity index is 1230. The van der Waals surface area contributed by atoms with Crippen LogP contribution in [0.1, 0.15) is 43.9 Å². The molecule has 0 aliphatic heterocycles. The molecule has 3 N–H and O–H groups in total. The average Bonchev–Trinajstić information content (AvgIpc) is 2.78. The molecule has 0 aliphatic carbocycles. The van der Waals surface area contributed by atoms with Gasteiger partial charge in [-0.2, -0.15) is 53.2 Å². The maximum Gasteiger partial charge on any atom is 0.0441 e. The predicted molar refractivity (Wildman–Crippen MR) is 146 cm³/mol. The van der Waals surface area contributed by atoms with Crippen LogP contribution in [0.4, 0.5) is 20.2 Å². The molecule has 3 radical (unpaired) electrons. The van der Waals surface area contributed by atoms with Crippen molar-refractivity contribution in [3.8, 4) is 0 Å². The Hall–Kier alpha value is 0.910. The number of anilines is 2. The molecule has 0 spiro atoms. The molecule has 0 aliphatic rings. The molecule has 0 unspecified atom stereocenters. The van der Waals surface area contributed by atoms with E-state index in [0.717, 1.165) is 46.5 Å². The summed E-state index contributed by atoms with van der Waals surface area (Å²) < 4.78 is 30.6. The largest absolute Gasteiger partial charge is 0.449 e. The van der Waals surface area contributed by atoms with Gasteiger partial charge in [0.2, 0.25) is 0 Å². The number of nitrogen functional groups attached to an aromatic ring is 1. The third-order valence-electron chi connectivity index (χ3n) is 5.34. The van der Waals surface area contributed by atoms with Crippen molar-refractivity contribution in [1.82, 2.24) is 4.72 Å². The van der Waals surface area contributed by atoms with E-state index >= 15 is 0 Å². The summed E-state index contributed by atoms with van der Waals surface area (Å²) in [5.74, 6) is -1.59. The molecular formula is C30H31F2N3SWY3-4. The van der Waals surface area contributed by atoms with E-state index in [0.29, 0.717) is 24.3 Å². The Labute approximate surface area is 332 Å². The first kappa shape index (κ1) is 43.0. The van der Waals surface area contributed by atoms with E-state index in [1.165, 1.54) is 0 Å². The predicted octanol–water partition coefficient (Wildman–Crippen LogP) is 7.31. The van der Waals surface area contributed by atoms with Gasteiger partial charge in [0.25, 0.3) is 0 Å². The number of halogens is 2. The van der Waals surface area contributed by atoms with Crippen LogP contribution in [0, 0.1) is 48.2 Å². The van der Waals surface area contributed by atoms with Crippen LogP contribution in [0.15, 0.2) is 60.1 Å². The zero-order valence-electron chi connectivity index (χ0n) is 23.3. The number of nitrogens with two attached hydrogens (primary N) is 1. The fourth-order valence-electron chi connectivity index (χ4n) is 3.71. The number of benzene rings is 3. The molecule has 0 amide bonds. The van der Waals surface area contributed by atoms with Gasteiger partial charge in [0.15, 0.2) is 0 Å². The van der Waals surface area contributed by atoms with Crippen LogP contribution in [0.25, 0.3) is 5.57 Å². The van der Waals surface area contributed by atoms with Crippen LogP contribution < -0.4 is 15.4 Å². The molecule has 3 rings (SSSR count). The quantitative estimate of drug-likeness (QED) is 0.127. The first-order chi connectivity index (χ1) is 16.9. The Balaban J connectivity index is 0. The summed E-state index contributed by atoms with van der Waals surface area (Å²) in [6.45, 7) is 17.5. The smallest absolute Gasteiger partial charge is 0.0441 e. The summed E-state index contributed by atoms with van der Waals surface area (Å²) in [4.78, 5) is 2.26. The second-order valence-corrected chi connectivity index (χ2v) is 10.8. The third-order valence-corrected chi connectivity index (χ3v) is 6.32. The van der Waals surface area contributed by atoms with Crippen molar-refractivity contribution in [2.24, 2.45) is 5.41 Å². The van der Waals surface area contributed by atoms with E-state index in [9.17, 15) is 8.78 Å². The van der Waals surface area contributed by atoms with Gasteiger partial charge in [0.1, 0.15) is 0 Å². The fourth-order valence-corrected chi connectivity index (χ4v) is 4.44. The number of hydrogen-bond acceptors (Lipinski definition) is 4. The van der Waals surface area contributed by atoms with Crippen LogP contribution >= 0.6 is 11.9 Å². The van der Waals surface area contributed by atoms with Gasteiger partial charge in [-0.15, -0.1) is 41.2 Å². The van der Waals surface area contributed by atoms with Crippen molar-refractivity contribution in [1.29, 1.82) is 0 Å². The molecule has 0 atom stereocenters. The Morgan fingerprint density at radius 1 is 1.07 bits per heavy atom. The number of aryl methyl sites for hydroxylation is 1. The molecule has 0 bridgehead atoms. The van der Waals surface area contributed by atoms with E-state index in [2.05, 4.69) is 56.9 Å². The maximum absolute atomic E-state index is 14.2. The summed E-state index contributed by atoms with van der Waals surface area (Å²) >= 11 is 1.05. The molecule has 3 aromatic carbocycles. The summed E-state index contributed by atoms with van der Waals surface area (Å²) in [7, 11) is 0. The number of nitrogens with one attached hydrogen (secondary N) is 1. The van der Waals surface area contributed by atoms with Crippen molar-refractivity contribution in [2.75, 3.05) is 17.2 Å². The van der Waals surface area contributed by atoms with Gasteiger partial charge in [-0.3, -0.25) is 25.1 Å². The first-order valence-corrected chi connectivity index (χ1v) is 12.3.